The maximum absolute atomic E-state index is 9.05. The highest BCUT2D eigenvalue weighted by Gasteiger charge is 2.16. The van der Waals surface area contributed by atoms with Crippen LogP contribution in [0, 0.1) is 0 Å². The fourth-order valence-corrected chi connectivity index (χ4v) is 2.20. The molecule has 0 aliphatic carbocycles. The summed E-state index contributed by atoms with van der Waals surface area (Å²) in [6, 6.07) is 3.25. The van der Waals surface area contributed by atoms with Crippen molar-refractivity contribution in [1.29, 1.82) is 0 Å². The van der Waals surface area contributed by atoms with Crippen LogP contribution in [0.1, 0.15) is 18.0 Å². The van der Waals surface area contributed by atoms with Gasteiger partial charge in [0.15, 0.2) is 11.5 Å². The standard InChI is InChI=1S/C11H14BrNO3/c12-8-5-11-10(15-2-1-3-16-11)4-7(8)9(13)6-14/h4-5,9,14H,1-3,6,13H2. The molecule has 0 fully saturated rings. The molecule has 0 spiro atoms. The van der Waals surface area contributed by atoms with Crippen LogP contribution in [0.3, 0.4) is 0 Å². The summed E-state index contributed by atoms with van der Waals surface area (Å²) in [5, 5.41) is 9.05. The van der Waals surface area contributed by atoms with E-state index in [4.69, 9.17) is 20.3 Å². The van der Waals surface area contributed by atoms with Crippen LogP contribution in [-0.2, 0) is 0 Å². The molecule has 3 N–H and O–H groups in total. The van der Waals surface area contributed by atoms with E-state index >= 15 is 0 Å². The molecule has 0 amide bonds. The van der Waals surface area contributed by atoms with E-state index < -0.39 is 6.04 Å². The van der Waals surface area contributed by atoms with E-state index in [2.05, 4.69) is 15.9 Å². The first kappa shape index (κ1) is 11.7. The maximum atomic E-state index is 9.05. The first-order valence-corrected chi connectivity index (χ1v) is 5.97. The number of rotatable bonds is 2. The smallest absolute Gasteiger partial charge is 0.162 e. The lowest BCUT2D eigenvalue weighted by molar-refractivity contribution is 0.267. The number of ether oxygens (including phenoxy) is 2. The lowest BCUT2D eigenvalue weighted by Crippen LogP contribution is -2.15. The van der Waals surface area contributed by atoms with Gasteiger partial charge >= 0.3 is 0 Å². The number of hydrogen-bond donors (Lipinski definition) is 2. The minimum Gasteiger partial charge on any atom is -0.490 e. The summed E-state index contributed by atoms with van der Waals surface area (Å²) in [5.74, 6) is 1.41. The van der Waals surface area contributed by atoms with Gasteiger partial charge in [-0.25, -0.2) is 0 Å². The van der Waals surface area contributed by atoms with E-state index in [0.29, 0.717) is 19.0 Å². The predicted octanol–water partition coefficient (Wildman–Crippen LogP) is 1.60. The second-order valence-corrected chi connectivity index (χ2v) is 4.51. The quantitative estimate of drug-likeness (QED) is 0.867. The molecule has 1 aromatic carbocycles. The monoisotopic (exact) mass is 287 g/mol. The Hall–Kier alpha value is -0.780. The molecule has 2 rings (SSSR count). The van der Waals surface area contributed by atoms with E-state index in [0.717, 1.165) is 22.2 Å². The van der Waals surface area contributed by atoms with Crippen LogP contribution < -0.4 is 15.2 Å². The van der Waals surface area contributed by atoms with Crippen LogP contribution in [-0.4, -0.2) is 24.9 Å². The second kappa shape index (κ2) is 5.03. The fraction of sp³-hybridized carbons (Fsp3) is 0.455. The fourth-order valence-electron chi connectivity index (χ4n) is 1.58. The van der Waals surface area contributed by atoms with Crippen molar-refractivity contribution in [2.45, 2.75) is 12.5 Å². The molecule has 1 unspecified atom stereocenters. The van der Waals surface area contributed by atoms with Crippen molar-refractivity contribution in [1.82, 2.24) is 0 Å². The van der Waals surface area contributed by atoms with Gasteiger partial charge in [0.25, 0.3) is 0 Å². The van der Waals surface area contributed by atoms with E-state index in [1.165, 1.54) is 0 Å². The summed E-state index contributed by atoms with van der Waals surface area (Å²) in [6.07, 6.45) is 0.869. The van der Waals surface area contributed by atoms with Crippen molar-refractivity contribution in [2.24, 2.45) is 5.73 Å². The highest BCUT2D eigenvalue weighted by Crippen LogP contribution is 2.36. The van der Waals surface area contributed by atoms with Crippen molar-refractivity contribution in [2.75, 3.05) is 19.8 Å². The normalized spacial score (nSPS) is 16.7. The van der Waals surface area contributed by atoms with Gasteiger partial charge < -0.3 is 20.3 Å². The summed E-state index contributed by atoms with van der Waals surface area (Å²) in [6.45, 7) is 1.20. The Balaban J connectivity index is 2.38. The van der Waals surface area contributed by atoms with Gasteiger partial charge in [-0.1, -0.05) is 15.9 Å². The number of aliphatic hydroxyl groups is 1. The number of aliphatic hydroxyl groups excluding tert-OH is 1. The number of benzene rings is 1. The Morgan fingerprint density at radius 2 is 1.94 bits per heavy atom. The molecule has 0 saturated carbocycles. The zero-order valence-corrected chi connectivity index (χ0v) is 10.4. The van der Waals surface area contributed by atoms with E-state index in [1.807, 2.05) is 12.1 Å². The average Bonchev–Trinajstić information content (AvgIpc) is 2.51. The second-order valence-electron chi connectivity index (χ2n) is 3.66. The van der Waals surface area contributed by atoms with Gasteiger partial charge in [0.2, 0.25) is 0 Å². The third-order valence-electron chi connectivity index (χ3n) is 2.46. The first-order chi connectivity index (χ1) is 7.72. The van der Waals surface area contributed by atoms with Gasteiger partial charge in [0.1, 0.15) is 0 Å². The third kappa shape index (κ3) is 2.31. The molecule has 1 aromatic rings. The zero-order valence-electron chi connectivity index (χ0n) is 8.78. The van der Waals surface area contributed by atoms with Gasteiger partial charge in [-0.2, -0.15) is 0 Å². The van der Waals surface area contributed by atoms with Crippen molar-refractivity contribution in [3.05, 3.63) is 22.2 Å². The molecule has 16 heavy (non-hydrogen) atoms. The Kier molecular flexibility index (Phi) is 3.68. The van der Waals surface area contributed by atoms with Gasteiger partial charge in [-0.3, -0.25) is 0 Å². The Morgan fingerprint density at radius 1 is 1.31 bits per heavy atom. The number of fused-ring (bicyclic) bond motifs is 1. The van der Waals surface area contributed by atoms with E-state index in [-0.39, 0.29) is 6.61 Å². The largest absolute Gasteiger partial charge is 0.490 e. The molecular formula is C11H14BrNO3. The molecule has 1 atom stereocenters. The lowest BCUT2D eigenvalue weighted by Gasteiger charge is -2.15. The highest BCUT2D eigenvalue weighted by molar-refractivity contribution is 9.10. The summed E-state index contributed by atoms with van der Waals surface area (Å²) >= 11 is 3.42. The van der Waals surface area contributed by atoms with Gasteiger partial charge in [-0.05, 0) is 17.7 Å². The Bertz CT molecular complexity index is 384. The molecule has 0 bridgehead atoms. The number of nitrogens with two attached hydrogens (primary N) is 1. The van der Waals surface area contributed by atoms with Gasteiger partial charge in [0, 0.05) is 10.9 Å². The molecule has 5 heteroatoms. The van der Waals surface area contributed by atoms with Crippen molar-refractivity contribution >= 4 is 15.9 Å². The maximum Gasteiger partial charge on any atom is 0.162 e. The van der Waals surface area contributed by atoms with Crippen LogP contribution in [0.15, 0.2) is 16.6 Å². The average molecular weight is 288 g/mol. The van der Waals surface area contributed by atoms with Gasteiger partial charge in [-0.15, -0.1) is 0 Å². The van der Waals surface area contributed by atoms with Crippen LogP contribution in [0.5, 0.6) is 11.5 Å². The predicted molar refractivity (Wildman–Crippen MR) is 63.8 cm³/mol. The van der Waals surface area contributed by atoms with Crippen LogP contribution in [0.4, 0.5) is 0 Å². The van der Waals surface area contributed by atoms with Crippen molar-refractivity contribution in [3.8, 4) is 11.5 Å². The molecule has 1 heterocycles. The van der Waals surface area contributed by atoms with Crippen molar-refractivity contribution < 1.29 is 14.6 Å². The minimum absolute atomic E-state index is 0.0990. The van der Waals surface area contributed by atoms with Crippen LogP contribution in [0.2, 0.25) is 0 Å². The zero-order chi connectivity index (χ0) is 11.5. The molecule has 0 saturated heterocycles. The summed E-state index contributed by atoms with van der Waals surface area (Å²) in [4.78, 5) is 0. The lowest BCUT2D eigenvalue weighted by atomic mass is 10.1. The van der Waals surface area contributed by atoms with Crippen LogP contribution in [0.25, 0.3) is 0 Å². The Morgan fingerprint density at radius 3 is 2.56 bits per heavy atom. The summed E-state index contributed by atoms with van der Waals surface area (Å²) in [5.41, 5.74) is 6.62. The summed E-state index contributed by atoms with van der Waals surface area (Å²) < 4.78 is 11.9. The molecule has 0 aromatic heterocycles. The topological polar surface area (TPSA) is 64.7 Å². The van der Waals surface area contributed by atoms with Crippen LogP contribution >= 0.6 is 15.9 Å². The molecule has 88 valence electrons. The van der Waals surface area contributed by atoms with Gasteiger partial charge in [0.05, 0.1) is 25.9 Å². The summed E-state index contributed by atoms with van der Waals surface area (Å²) in [7, 11) is 0. The first-order valence-electron chi connectivity index (χ1n) is 5.18. The Labute approximate surface area is 102 Å². The number of halogens is 1. The molecule has 4 nitrogen and oxygen atoms in total. The van der Waals surface area contributed by atoms with Crippen molar-refractivity contribution in [3.63, 3.8) is 0 Å². The molecular weight excluding hydrogens is 274 g/mol. The highest BCUT2D eigenvalue weighted by atomic mass is 79.9. The van der Waals surface area contributed by atoms with E-state index in [1.54, 1.807) is 0 Å². The SMILES string of the molecule is NC(CO)c1cc2c(cc1Br)OCCCO2. The van der Waals surface area contributed by atoms with E-state index in [9.17, 15) is 0 Å². The number of hydrogen-bond acceptors (Lipinski definition) is 4. The third-order valence-corrected chi connectivity index (χ3v) is 3.15. The molecule has 1 aliphatic rings. The molecule has 1 aliphatic heterocycles. The minimum atomic E-state index is -0.411. The molecule has 0 radical (unpaired) electrons.